The van der Waals surface area contributed by atoms with E-state index in [-0.39, 0.29) is 18.9 Å². The average molecular weight is 406 g/mol. The number of anilines is 1. The Morgan fingerprint density at radius 2 is 1.97 bits per heavy atom. The number of carbonyl (C=O) groups excluding carboxylic acids is 3. The first kappa shape index (κ1) is 19.2. The van der Waals surface area contributed by atoms with Crippen molar-refractivity contribution in [3.05, 3.63) is 60.1 Å². The number of carbonyl (C=O) groups is 3. The minimum absolute atomic E-state index is 0.186. The number of rotatable bonds is 6. The zero-order valence-corrected chi connectivity index (χ0v) is 15.8. The Kier molecular flexibility index (Phi) is 5.46. The van der Waals surface area contributed by atoms with E-state index in [0.29, 0.717) is 35.1 Å². The maximum Gasteiger partial charge on any atom is 0.254 e. The van der Waals surface area contributed by atoms with Gasteiger partial charge < -0.3 is 20.5 Å². The van der Waals surface area contributed by atoms with Crippen molar-refractivity contribution in [3.63, 3.8) is 0 Å². The molecule has 1 aliphatic rings. The van der Waals surface area contributed by atoms with Crippen molar-refractivity contribution in [1.82, 2.24) is 25.8 Å². The van der Waals surface area contributed by atoms with Crippen LogP contribution in [-0.2, 0) is 16.0 Å². The number of benzene rings is 1. The third-order valence-electron chi connectivity index (χ3n) is 4.46. The van der Waals surface area contributed by atoms with E-state index in [1.54, 1.807) is 42.6 Å². The van der Waals surface area contributed by atoms with Gasteiger partial charge in [-0.1, -0.05) is 23.4 Å². The van der Waals surface area contributed by atoms with Crippen molar-refractivity contribution < 1.29 is 18.9 Å². The second kappa shape index (κ2) is 8.52. The first-order valence-corrected chi connectivity index (χ1v) is 9.31. The molecule has 0 saturated heterocycles. The molecule has 1 aliphatic heterocycles. The highest BCUT2D eigenvalue weighted by molar-refractivity contribution is 6.10. The highest BCUT2D eigenvalue weighted by Gasteiger charge is 2.29. The first-order chi connectivity index (χ1) is 14.6. The first-order valence-electron chi connectivity index (χ1n) is 9.31. The summed E-state index contributed by atoms with van der Waals surface area (Å²) in [7, 11) is 0. The Balaban J connectivity index is 1.29. The van der Waals surface area contributed by atoms with Crippen LogP contribution in [0.5, 0.6) is 0 Å². The number of hydrogen-bond acceptors (Lipinski definition) is 7. The van der Waals surface area contributed by atoms with Crippen molar-refractivity contribution in [3.8, 4) is 11.5 Å². The van der Waals surface area contributed by atoms with E-state index in [2.05, 4.69) is 31.1 Å². The lowest BCUT2D eigenvalue weighted by molar-refractivity contribution is -0.125. The molecule has 2 aromatic heterocycles. The minimum Gasteiger partial charge on any atom is -0.356 e. The van der Waals surface area contributed by atoms with Gasteiger partial charge in [0.25, 0.3) is 5.91 Å². The molecule has 0 fully saturated rings. The third-order valence-corrected chi connectivity index (χ3v) is 4.46. The lowest BCUT2D eigenvalue weighted by Crippen LogP contribution is -2.44. The van der Waals surface area contributed by atoms with Gasteiger partial charge in [0.05, 0.1) is 17.7 Å². The molecule has 10 heteroatoms. The van der Waals surface area contributed by atoms with Crippen molar-refractivity contribution >= 4 is 23.4 Å². The molecule has 3 heterocycles. The summed E-state index contributed by atoms with van der Waals surface area (Å²) >= 11 is 0. The van der Waals surface area contributed by atoms with Gasteiger partial charge in [0, 0.05) is 19.2 Å². The Morgan fingerprint density at radius 3 is 2.80 bits per heavy atom. The summed E-state index contributed by atoms with van der Waals surface area (Å²) in [6.45, 7) is 0.241. The molecule has 1 atom stereocenters. The van der Waals surface area contributed by atoms with Gasteiger partial charge in [0.2, 0.25) is 23.5 Å². The molecule has 0 bridgehead atoms. The van der Waals surface area contributed by atoms with Crippen LogP contribution in [0.25, 0.3) is 11.5 Å². The summed E-state index contributed by atoms with van der Waals surface area (Å²) in [5.74, 6) is -0.512. The van der Waals surface area contributed by atoms with Gasteiger partial charge in [-0.05, 0) is 24.3 Å². The van der Waals surface area contributed by atoms with Gasteiger partial charge in [0.15, 0.2) is 0 Å². The highest BCUT2D eigenvalue weighted by atomic mass is 16.5. The quantitative estimate of drug-likeness (QED) is 0.553. The fraction of sp³-hybridized carbons (Fsp3) is 0.200. The number of amides is 3. The molecular weight excluding hydrogens is 388 g/mol. The number of nitrogens with zero attached hydrogens (tertiary/aromatic N) is 3. The molecule has 1 aromatic carbocycles. The molecule has 10 nitrogen and oxygen atoms in total. The summed E-state index contributed by atoms with van der Waals surface area (Å²) in [5.41, 5.74) is 1.37. The van der Waals surface area contributed by atoms with E-state index < -0.39 is 17.9 Å². The molecule has 3 N–H and O–H groups in total. The predicted octanol–water partition coefficient (Wildman–Crippen LogP) is 0.931. The van der Waals surface area contributed by atoms with Gasteiger partial charge in [-0.2, -0.15) is 4.98 Å². The van der Waals surface area contributed by atoms with E-state index in [9.17, 15) is 14.4 Å². The molecule has 152 valence electrons. The smallest absolute Gasteiger partial charge is 0.254 e. The molecule has 4 rings (SSSR count). The summed E-state index contributed by atoms with van der Waals surface area (Å²) in [4.78, 5) is 45.3. The SMILES string of the molecule is O=C(C[C@@H]1NC(=O)c2ccccc2NC1=O)NCCc1nc(-c2ccccn2)no1. The molecule has 30 heavy (non-hydrogen) atoms. The van der Waals surface area contributed by atoms with Gasteiger partial charge in [-0.25, -0.2) is 0 Å². The van der Waals surface area contributed by atoms with Crippen LogP contribution in [-0.4, -0.2) is 45.4 Å². The van der Waals surface area contributed by atoms with Crippen molar-refractivity contribution in [1.29, 1.82) is 0 Å². The number of aromatic nitrogens is 3. The molecule has 0 unspecified atom stereocenters. The zero-order valence-electron chi connectivity index (χ0n) is 15.8. The van der Waals surface area contributed by atoms with Gasteiger partial charge >= 0.3 is 0 Å². The van der Waals surface area contributed by atoms with Gasteiger partial charge in [0.1, 0.15) is 11.7 Å². The van der Waals surface area contributed by atoms with Crippen LogP contribution in [0.3, 0.4) is 0 Å². The maximum absolute atomic E-state index is 12.3. The summed E-state index contributed by atoms with van der Waals surface area (Å²) in [5, 5.41) is 11.8. The van der Waals surface area contributed by atoms with E-state index in [1.807, 2.05) is 6.07 Å². The molecule has 0 saturated carbocycles. The number of para-hydroxylation sites is 1. The lowest BCUT2D eigenvalue weighted by atomic mass is 10.1. The van der Waals surface area contributed by atoms with Crippen LogP contribution in [0.2, 0.25) is 0 Å². The van der Waals surface area contributed by atoms with Gasteiger partial charge in [-0.3, -0.25) is 19.4 Å². The fourth-order valence-corrected chi connectivity index (χ4v) is 2.98. The van der Waals surface area contributed by atoms with Crippen LogP contribution >= 0.6 is 0 Å². The zero-order chi connectivity index (χ0) is 20.9. The van der Waals surface area contributed by atoms with Crippen molar-refractivity contribution in [2.75, 3.05) is 11.9 Å². The average Bonchev–Trinajstić information content (AvgIpc) is 3.19. The third kappa shape index (κ3) is 4.32. The largest absolute Gasteiger partial charge is 0.356 e. The Morgan fingerprint density at radius 1 is 1.13 bits per heavy atom. The second-order valence-electron chi connectivity index (χ2n) is 6.59. The van der Waals surface area contributed by atoms with Crippen LogP contribution in [0.4, 0.5) is 5.69 Å². The van der Waals surface area contributed by atoms with Gasteiger partial charge in [-0.15, -0.1) is 0 Å². The molecular formula is C20H18N6O4. The van der Waals surface area contributed by atoms with E-state index in [4.69, 9.17) is 4.52 Å². The fourth-order valence-electron chi connectivity index (χ4n) is 2.98. The lowest BCUT2D eigenvalue weighted by Gasteiger charge is -2.14. The standard InChI is InChI=1S/C20H18N6O4/c27-16(11-15-20(29)23-13-6-2-1-5-12(13)19(28)24-15)22-10-8-17-25-18(26-30-17)14-7-3-4-9-21-14/h1-7,9,15H,8,10-11H2,(H,22,27)(H,23,29)(H,24,28)/t15-/m0/s1. The van der Waals surface area contributed by atoms with Crippen molar-refractivity contribution in [2.24, 2.45) is 0 Å². The van der Waals surface area contributed by atoms with Crippen LogP contribution in [0, 0.1) is 0 Å². The maximum atomic E-state index is 12.3. The minimum atomic E-state index is -0.968. The molecule has 3 amide bonds. The Bertz CT molecular complexity index is 1080. The van der Waals surface area contributed by atoms with Crippen LogP contribution < -0.4 is 16.0 Å². The Labute approximate surface area is 171 Å². The van der Waals surface area contributed by atoms with Crippen LogP contribution in [0.1, 0.15) is 22.7 Å². The predicted molar refractivity (Wildman–Crippen MR) is 105 cm³/mol. The molecule has 0 spiro atoms. The Hall–Kier alpha value is -4.08. The van der Waals surface area contributed by atoms with Crippen molar-refractivity contribution in [2.45, 2.75) is 18.9 Å². The summed E-state index contributed by atoms with van der Waals surface area (Å²) < 4.78 is 5.16. The highest BCUT2D eigenvalue weighted by Crippen LogP contribution is 2.18. The number of pyridine rings is 1. The second-order valence-corrected chi connectivity index (χ2v) is 6.59. The molecule has 0 radical (unpaired) electrons. The van der Waals surface area contributed by atoms with E-state index in [1.165, 1.54) is 0 Å². The monoisotopic (exact) mass is 406 g/mol. The topological polar surface area (TPSA) is 139 Å². The molecule has 0 aliphatic carbocycles. The normalized spacial score (nSPS) is 15.5. The summed E-state index contributed by atoms with van der Waals surface area (Å²) in [6, 6.07) is 11.1. The number of nitrogens with one attached hydrogen (secondary N) is 3. The molecule has 3 aromatic rings. The van der Waals surface area contributed by atoms with E-state index >= 15 is 0 Å². The van der Waals surface area contributed by atoms with Crippen LogP contribution in [0.15, 0.2) is 53.2 Å². The number of hydrogen-bond donors (Lipinski definition) is 3. The summed E-state index contributed by atoms with van der Waals surface area (Å²) in [6.07, 6.45) is 1.77. The van der Waals surface area contributed by atoms with E-state index in [0.717, 1.165) is 0 Å². The number of fused-ring (bicyclic) bond motifs is 1.